The Morgan fingerprint density at radius 3 is 2.47 bits per heavy atom. The molecule has 0 aromatic heterocycles. The van der Waals surface area contributed by atoms with E-state index in [0.29, 0.717) is 11.5 Å². The van der Waals surface area contributed by atoms with Crippen LogP contribution in [0.2, 0.25) is 0 Å². The molecule has 2 atom stereocenters. The summed E-state index contributed by atoms with van der Waals surface area (Å²) in [6.07, 6.45) is 2.33. The van der Waals surface area contributed by atoms with Crippen molar-refractivity contribution >= 4 is 11.0 Å². The molecule has 0 unspecified atom stereocenters. The molecule has 106 valence electrons. The predicted molar refractivity (Wildman–Crippen MR) is 77.8 cm³/mol. The van der Waals surface area contributed by atoms with Crippen molar-refractivity contribution in [3.63, 3.8) is 0 Å². The zero-order valence-electron chi connectivity index (χ0n) is 12.0. The summed E-state index contributed by atoms with van der Waals surface area (Å²) < 4.78 is 28.7. The van der Waals surface area contributed by atoms with Crippen LogP contribution in [0.25, 0.3) is 0 Å². The third-order valence-electron chi connectivity index (χ3n) is 3.38. The summed E-state index contributed by atoms with van der Waals surface area (Å²) >= 11 is 0. The lowest BCUT2D eigenvalue weighted by Crippen LogP contribution is -2.35. The van der Waals surface area contributed by atoms with E-state index in [1.54, 1.807) is 6.07 Å². The van der Waals surface area contributed by atoms with E-state index in [9.17, 15) is 8.60 Å². The highest BCUT2D eigenvalue weighted by Gasteiger charge is 2.26. The van der Waals surface area contributed by atoms with Gasteiger partial charge >= 0.3 is 0 Å². The summed E-state index contributed by atoms with van der Waals surface area (Å²) in [6.45, 7) is 7.54. The highest BCUT2D eigenvalue weighted by atomic mass is 32.2. The molecule has 19 heavy (non-hydrogen) atoms. The molecule has 0 heterocycles. The molecule has 0 bridgehead atoms. The Bertz CT molecular complexity index is 491. The monoisotopic (exact) mass is 283 g/mol. The van der Waals surface area contributed by atoms with E-state index >= 15 is 0 Å². The third kappa shape index (κ3) is 3.63. The van der Waals surface area contributed by atoms with Crippen LogP contribution in [0.1, 0.15) is 63.6 Å². The lowest BCUT2D eigenvalue weighted by Gasteiger charge is -2.22. The van der Waals surface area contributed by atoms with E-state index < -0.39 is 11.0 Å². The molecule has 0 spiro atoms. The number of hydrogen-bond donors (Lipinski definition) is 1. The van der Waals surface area contributed by atoms with Crippen LogP contribution in [0.5, 0.6) is 0 Å². The molecule has 0 amide bonds. The van der Waals surface area contributed by atoms with Crippen molar-refractivity contribution < 1.29 is 8.60 Å². The van der Waals surface area contributed by atoms with Crippen LogP contribution in [0.4, 0.5) is 4.39 Å². The molecule has 4 heteroatoms. The van der Waals surface area contributed by atoms with Gasteiger partial charge in [0.2, 0.25) is 0 Å². The fourth-order valence-electron chi connectivity index (χ4n) is 1.97. The standard InChI is InChI=1S/C15H22FNOS/c1-10(17-19(18)15(2,3)4)13-8-7-12(9-14(13)16)11-5-6-11/h7-11,17H,5-6H2,1-4H3/t10-,19+/m0/s1. The molecule has 0 saturated heterocycles. The topological polar surface area (TPSA) is 29.1 Å². The number of halogens is 1. The van der Waals surface area contributed by atoms with Crippen LogP contribution in [0, 0.1) is 5.82 Å². The van der Waals surface area contributed by atoms with Crippen molar-refractivity contribution in [1.29, 1.82) is 0 Å². The molecule has 2 rings (SSSR count). The quantitative estimate of drug-likeness (QED) is 0.894. The normalized spacial score (nSPS) is 19.2. The van der Waals surface area contributed by atoms with Crippen molar-refractivity contribution in [2.45, 2.75) is 57.2 Å². The van der Waals surface area contributed by atoms with E-state index in [1.165, 1.54) is 12.8 Å². The molecule has 1 N–H and O–H groups in total. The predicted octanol–water partition coefficient (Wildman–Crippen LogP) is 3.82. The zero-order chi connectivity index (χ0) is 14.2. The Morgan fingerprint density at radius 1 is 1.37 bits per heavy atom. The summed E-state index contributed by atoms with van der Waals surface area (Å²) in [7, 11) is -1.19. The van der Waals surface area contributed by atoms with Crippen LogP contribution < -0.4 is 4.72 Å². The first kappa shape index (κ1) is 14.7. The molecule has 0 aliphatic heterocycles. The molecule has 1 saturated carbocycles. The lowest BCUT2D eigenvalue weighted by molar-refractivity contribution is 0.570. The molecule has 1 fully saturated rings. The second-order valence-corrected chi connectivity index (χ2v) is 8.27. The van der Waals surface area contributed by atoms with Gasteiger partial charge < -0.3 is 0 Å². The lowest BCUT2D eigenvalue weighted by atomic mass is 10.0. The minimum atomic E-state index is -1.19. The Morgan fingerprint density at radius 2 is 2.00 bits per heavy atom. The Balaban J connectivity index is 2.10. The number of nitrogens with one attached hydrogen (secondary N) is 1. The second-order valence-electron chi connectivity index (χ2n) is 6.28. The molecular weight excluding hydrogens is 261 g/mol. The van der Waals surface area contributed by atoms with Crippen LogP contribution in [-0.4, -0.2) is 8.96 Å². The second kappa shape index (κ2) is 5.33. The van der Waals surface area contributed by atoms with E-state index in [4.69, 9.17) is 0 Å². The van der Waals surface area contributed by atoms with Gasteiger partial charge in [-0.1, -0.05) is 12.1 Å². The van der Waals surface area contributed by atoms with Gasteiger partial charge in [-0.25, -0.2) is 13.3 Å². The van der Waals surface area contributed by atoms with Crippen LogP contribution >= 0.6 is 0 Å². The molecule has 1 aromatic carbocycles. The summed E-state index contributed by atoms with van der Waals surface area (Å²) in [5.41, 5.74) is 1.67. The number of rotatable bonds is 4. The highest BCUT2D eigenvalue weighted by Crippen LogP contribution is 2.40. The van der Waals surface area contributed by atoms with Crippen molar-refractivity contribution in [3.05, 3.63) is 35.1 Å². The Kier molecular flexibility index (Phi) is 4.11. The largest absolute Gasteiger partial charge is 0.242 e. The molecular formula is C15H22FNOS. The van der Waals surface area contributed by atoms with Crippen molar-refractivity contribution in [2.24, 2.45) is 0 Å². The summed E-state index contributed by atoms with van der Waals surface area (Å²) in [5.74, 6) is 0.353. The maximum Gasteiger partial charge on any atom is 0.128 e. The smallest absolute Gasteiger partial charge is 0.128 e. The Hall–Kier alpha value is -0.740. The van der Waals surface area contributed by atoms with Crippen molar-refractivity contribution in [1.82, 2.24) is 4.72 Å². The molecule has 2 nitrogen and oxygen atoms in total. The molecule has 1 aliphatic carbocycles. The maximum atomic E-state index is 14.1. The van der Waals surface area contributed by atoms with Gasteiger partial charge in [0.25, 0.3) is 0 Å². The van der Waals surface area contributed by atoms with Crippen LogP contribution in [0.15, 0.2) is 18.2 Å². The van der Waals surface area contributed by atoms with Crippen LogP contribution in [-0.2, 0) is 11.0 Å². The van der Waals surface area contributed by atoms with E-state index in [0.717, 1.165) is 5.56 Å². The van der Waals surface area contributed by atoms with E-state index in [-0.39, 0.29) is 16.6 Å². The third-order valence-corrected chi connectivity index (χ3v) is 5.06. The summed E-state index contributed by atoms with van der Waals surface area (Å²) in [4.78, 5) is 0. The first-order valence-corrected chi connectivity index (χ1v) is 7.91. The zero-order valence-corrected chi connectivity index (χ0v) is 12.8. The van der Waals surface area contributed by atoms with Gasteiger partial charge in [0, 0.05) is 11.6 Å². The van der Waals surface area contributed by atoms with Gasteiger partial charge in [-0.2, -0.15) is 0 Å². The van der Waals surface area contributed by atoms with Gasteiger partial charge in [0.1, 0.15) is 5.82 Å². The molecule has 0 radical (unpaired) electrons. The minimum absolute atomic E-state index is 0.199. The fraction of sp³-hybridized carbons (Fsp3) is 0.600. The fourth-order valence-corrected chi connectivity index (χ4v) is 2.77. The van der Waals surface area contributed by atoms with Gasteiger partial charge in [0.05, 0.1) is 15.7 Å². The van der Waals surface area contributed by atoms with Gasteiger partial charge in [0.15, 0.2) is 0 Å². The SMILES string of the molecule is C[C@H](N[S@](=O)C(C)(C)C)c1ccc(C2CC2)cc1F. The maximum absolute atomic E-state index is 14.1. The Labute approximate surface area is 117 Å². The number of benzene rings is 1. The minimum Gasteiger partial charge on any atom is -0.242 e. The summed E-state index contributed by atoms with van der Waals surface area (Å²) in [6, 6.07) is 5.19. The first-order valence-electron chi connectivity index (χ1n) is 6.76. The highest BCUT2D eigenvalue weighted by molar-refractivity contribution is 7.84. The van der Waals surface area contributed by atoms with E-state index in [1.807, 2.05) is 39.8 Å². The average Bonchev–Trinajstić information content (AvgIpc) is 3.10. The van der Waals surface area contributed by atoms with Crippen molar-refractivity contribution in [3.8, 4) is 0 Å². The molecule has 1 aromatic rings. The van der Waals surface area contributed by atoms with Gasteiger partial charge in [-0.05, 0) is 58.1 Å². The molecule has 1 aliphatic rings. The van der Waals surface area contributed by atoms with Crippen molar-refractivity contribution in [2.75, 3.05) is 0 Å². The number of hydrogen-bond acceptors (Lipinski definition) is 1. The average molecular weight is 283 g/mol. The first-order chi connectivity index (χ1) is 8.79. The van der Waals surface area contributed by atoms with Gasteiger partial charge in [-0.3, -0.25) is 0 Å². The van der Waals surface area contributed by atoms with E-state index in [2.05, 4.69) is 4.72 Å². The van der Waals surface area contributed by atoms with Crippen LogP contribution in [0.3, 0.4) is 0 Å². The summed E-state index contributed by atoms with van der Waals surface area (Å²) in [5, 5.41) is 0. The van der Waals surface area contributed by atoms with Gasteiger partial charge in [-0.15, -0.1) is 0 Å².